The molecule has 1 atom stereocenters. The van der Waals surface area contributed by atoms with Crippen LogP contribution >= 0.6 is 11.8 Å². The summed E-state index contributed by atoms with van der Waals surface area (Å²) in [5.74, 6) is 0.293. The molecule has 2 aromatic heterocycles. The van der Waals surface area contributed by atoms with E-state index in [0.29, 0.717) is 17.4 Å². The van der Waals surface area contributed by atoms with Crippen LogP contribution in [0.15, 0.2) is 40.0 Å². The fourth-order valence-corrected chi connectivity index (χ4v) is 2.92. The number of aromatic nitrogens is 2. The number of hydrogen-bond acceptors (Lipinski definition) is 7. The van der Waals surface area contributed by atoms with Crippen molar-refractivity contribution < 1.29 is 18.7 Å². The van der Waals surface area contributed by atoms with Crippen LogP contribution in [-0.2, 0) is 9.53 Å². The van der Waals surface area contributed by atoms with Crippen LogP contribution in [0.25, 0.3) is 0 Å². The van der Waals surface area contributed by atoms with Crippen molar-refractivity contribution in [2.75, 3.05) is 24.2 Å². The van der Waals surface area contributed by atoms with Gasteiger partial charge in [-0.25, -0.2) is 0 Å². The van der Waals surface area contributed by atoms with Crippen LogP contribution in [0.4, 0.5) is 5.82 Å². The number of amides is 2. The first-order valence-electron chi connectivity index (χ1n) is 7.90. The van der Waals surface area contributed by atoms with Crippen molar-refractivity contribution in [3.05, 3.63) is 36.3 Å². The van der Waals surface area contributed by atoms with Crippen molar-refractivity contribution in [2.45, 2.75) is 24.0 Å². The predicted molar refractivity (Wildman–Crippen MR) is 91.4 cm³/mol. The first-order valence-corrected chi connectivity index (χ1v) is 8.89. The second kappa shape index (κ2) is 8.63. The number of carbonyl (C=O) groups is 2. The average Bonchev–Trinajstić information content (AvgIpc) is 3.33. The lowest BCUT2D eigenvalue weighted by atomic mass is 10.2. The molecule has 0 aromatic carbocycles. The standard InChI is InChI=1S/C16H18N4O4S/c21-14(17-9-11-3-1-7-23-11)10-25-15-6-5-13(19-20-15)18-16(22)12-4-2-8-24-12/h2,4-6,8,11H,1,3,7,9-10H2,(H,17,21)(H,18,19,22)/t11-/m1/s1. The number of hydrogen-bond donors (Lipinski definition) is 2. The summed E-state index contributed by atoms with van der Waals surface area (Å²) in [6.07, 6.45) is 3.59. The van der Waals surface area contributed by atoms with E-state index in [-0.39, 0.29) is 23.5 Å². The van der Waals surface area contributed by atoms with E-state index in [1.165, 1.54) is 18.0 Å². The first kappa shape index (κ1) is 17.4. The maximum atomic E-state index is 11.8. The molecule has 0 radical (unpaired) electrons. The minimum Gasteiger partial charge on any atom is -0.459 e. The molecule has 1 fully saturated rings. The van der Waals surface area contributed by atoms with E-state index in [1.807, 2.05) is 0 Å². The topological polar surface area (TPSA) is 106 Å². The molecule has 2 N–H and O–H groups in total. The van der Waals surface area contributed by atoms with Crippen molar-refractivity contribution in [1.82, 2.24) is 15.5 Å². The van der Waals surface area contributed by atoms with Gasteiger partial charge < -0.3 is 19.8 Å². The Morgan fingerprint density at radius 2 is 2.20 bits per heavy atom. The average molecular weight is 362 g/mol. The summed E-state index contributed by atoms with van der Waals surface area (Å²) in [4.78, 5) is 23.6. The number of nitrogens with zero attached hydrogens (tertiary/aromatic N) is 2. The molecule has 2 amide bonds. The van der Waals surface area contributed by atoms with E-state index >= 15 is 0 Å². The third-order valence-corrected chi connectivity index (χ3v) is 4.45. The molecule has 3 rings (SSSR count). The Morgan fingerprint density at radius 3 is 2.88 bits per heavy atom. The van der Waals surface area contributed by atoms with Crippen molar-refractivity contribution in [1.29, 1.82) is 0 Å². The van der Waals surface area contributed by atoms with Crippen molar-refractivity contribution in [2.24, 2.45) is 0 Å². The summed E-state index contributed by atoms with van der Waals surface area (Å²) >= 11 is 1.28. The highest BCUT2D eigenvalue weighted by Gasteiger charge is 2.16. The van der Waals surface area contributed by atoms with Crippen molar-refractivity contribution >= 4 is 29.4 Å². The number of ether oxygens (including phenoxy) is 1. The monoisotopic (exact) mass is 362 g/mol. The van der Waals surface area contributed by atoms with Crippen LogP contribution in [0.1, 0.15) is 23.4 Å². The van der Waals surface area contributed by atoms with Gasteiger partial charge in [-0.2, -0.15) is 0 Å². The van der Waals surface area contributed by atoms with Gasteiger partial charge in [-0.3, -0.25) is 9.59 Å². The summed E-state index contributed by atoms with van der Waals surface area (Å²) in [5.41, 5.74) is 0. The van der Waals surface area contributed by atoms with Gasteiger partial charge >= 0.3 is 0 Å². The molecule has 132 valence electrons. The largest absolute Gasteiger partial charge is 0.459 e. The Balaban J connectivity index is 1.41. The summed E-state index contributed by atoms with van der Waals surface area (Å²) in [6, 6.07) is 6.51. The fraction of sp³-hybridized carbons (Fsp3) is 0.375. The van der Waals surface area contributed by atoms with E-state index < -0.39 is 5.91 Å². The third-order valence-electron chi connectivity index (χ3n) is 3.53. The zero-order chi connectivity index (χ0) is 17.5. The van der Waals surface area contributed by atoms with Crippen LogP contribution in [0.2, 0.25) is 0 Å². The van der Waals surface area contributed by atoms with Gasteiger partial charge in [0.25, 0.3) is 5.91 Å². The van der Waals surface area contributed by atoms with Gasteiger partial charge in [0.1, 0.15) is 5.03 Å². The zero-order valence-electron chi connectivity index (χ0n) is 13.4. The van der Waals surface area contributed by atoms with Gasteiger partial charge in [-0.15, -0.1) is 10.2 Å². The first-order chi connectivity index (χ1) is 12.2. The second-order valence-electron chi connectivity index (χ2n) is 5.42. The number of anilines is 1. The highest BCUT2D eigenvalue weighted by molar-refractivity contribution is 7.99. The number of nitrogens with one attached hydrogen (secondary N) is 2. The predicted octanol–water partition coefficient (Wildman–Crippen LogP) is 1.71. The Labute approximate surface area is 148 Å². The molecule has 1 aliphatic heterocycles. The third kappa shape index (κ3) is 5.30. The van der Waals surface area contributed by atoms with Gasteiger partial charge in [0.15, 0.2) is 11.6 Å². The van der Waals surface area contributed by atoms with Crippen LogP contribution in [0.3, 0.4) is 0 Å². The van der Waals surface area contributed by atoms with Gasteiger partial charge in [0.05, 0.1) is 18.1 Å². The highest BCUT2D eigenvalue weighted by Crippen LogP contribution is 2.16. The molecule has 1 aliphatic rings. The minimum absolute atomic E-state index is 0.0718. The molecule has 1 saturated heterocycles. The molecule has 0 bridgehead atoms. The van der Waals surface area contributed by atoms with Gasteiger partial charge in [0.2, 0.25) is 5.91 Å². The van der Waals surface area contributed by atoms with Crippen molar-refractivity contribution in [3.8, 4) is 0 Å². The molecule has 25 heavy (non-hydrogen) atoms. The smallest absolute Gasteiger partial charge is 0.292 e. The number of carbonyl (C=O) groups excluding carboxylic acids is 2. The van der Waals surface area contributed by atoms with E-state index in [4.69, 9.17) is 9.15 Å². The lowest BCUT2D eigenvalue weighted by Gasteiger charge is -2.10. The lowest BCUT2D eigenvalue weighted by molar-refractivity contribution is -0.119. The second-order valence-corrected chi connectivity index (χ2v) is 6.41. The summed E-state index contributed by atoms with van der Waals surface area (Å²) in [5, 5.41) is 13.9. The van der Waals surface area contributed by atoms with Crippen LogP contribution < -0.4 is 10.6 Å². The molecule has 2 aromatic rings. The Kier molecular flexibility index (Phi) is 6.02. The minimum atomic E-state index is -0.395. The van der Waals surface area contributed by atoms with E-state index in [0.717, 1.165) is 19.4 Å². The molecule has 0 spiro atoms. The number of thioether (sulfide) groups is 1. The maximum absolute atomic E-state index is 11.8. The van der Waals surface area contributed by atoms with E-state index in [1.54, 1.807) is 24.3 Å². The van der Waals surface area contributed by atoms with Crippen molar-refractivity contribution in [3.63, 3.8) is 0 Å². The van der Waals surface area contributed by atoms with Crippen LogP contribution in [-0.4, -0.2) is 47.0 Å². The molecule has 9 heteroatoms. The Hall–Kier alpha value is -2.39. The molecule has 3 heterocycles. The number of furan rings is 1. The molecule has 0 unspecified atom stereocenters. The Morgan fingerprint density at radius 1 is 1.28 bits per heavy atom. The SMILES string of the molecule is O=C(CSc1ccc(NC(=O)c2ccco2)nn1)NC[C@H]1CCCO1. The van der Waals surface area contributed by atoms with E-state index in [9.17, 15) is 9.59 Å². The van der Waals surface area contributed by atoms with Gasteiger partial charge in [0, 0.05) is 13.2 Å². The zero-order valence-corrected chi connectivity index (χ0v) is 14.3. The molecular formula is C16H18N4O4S. The van der Waals surface area contributed by atoms with Crippen LogP contribution in [0.5, 0.6) is 0 Å². The number of rotatable bonds is 7. The Bertz CT molecular complexity index is 699. The molecule has 0 aliphatic carbocycles. The quantitative estimate of drug-likeness (QED) is 0.722. The van der Waals surface area contributed by atoms with Gasteiger partial charge in [-0.05, 0) is 37.1 Å². The summed E-state index contributed by atoms with van der Waals surface area (Å²) in [6.45, 7) is 1.32. The lowest BCUT2D eigenvalue weighted by Crippen LogP contribution is -2.32. The normalized spacial score (nSPS) is 16.6. The molecule has 0 saturated carbocycles. The molecular weight excluding hydrogens is 344 g/mol. The summed E-state index contributed by atoms with van der Waals surface area (Å²) < 4.78 is 10.5. The van der Waals surface area contributed by atoms with Gasteiger partial charge in [-0.1, -0.05) is 11.8 Å². The highest BCUT2D eigenvalue weighted by atomic mass is 32.2. The summed E-state index contributed by atoms with van der Waals surface area (Å²) in [7, 11) is 0. The van der Waals surface area contributed by atoms with Crippen LogP contribution in [0, 0.1) is 0 Å². The molecule has 8 nitrogen and oxygen atoms in total. The fourth-order valence-electron chi connectivity index (χ4n) is 2.27. The maximum Gasteiger partial charge on any atom is 0.292 e. The van der Waals surface area contributed by atoms with E-state index in [2.05, 4.69) is 20.8 Å².